The molecule has 0 radical (unpaired) electrons. The molecule has 3 nitrogen and oxygen atoms in total. The van der Waals surface area contributed by atoms with Gasteiger partial charge in [-0.2, -0.15) is 0 Å². The predicted molar refractivity (Wildman–Crippen MR) is 97.2 cm³/mol. The summed E-state index contributed by atoms with van der Waals surface area (Å²) in [5, 5.41) is 3.22. The zero-order valence-electron chi connectivity index (χ0n) is 13.2. The van der Waals surface area contributed by atoms with Crippen molar-refractivity contribution in [3.63, 3.8) is 0 Å². The lowest BCUT2D eigenvalue weighted by Gasteiger charge is -2.14. The first-order valence-electron chi connectivity index (χ1n) is 7.63. The van der Waals surface area contributed by atoms with Crippen LogP contribution in [0.5, 0.6) is 0 Å². The molecule has 6 heteroatoms. The van der Waals surface area contributed by atoms with E-state index in [1.807, 2.05) is 25.1 Å². The van der Waals surface area contributed by atoms with E-state index < -0.39 is 15.8 Å². The van der Waals surface area contributed by atoms with Gasteiger partial charge in [0.2, 0.25) is 10.0 Å². The standard InChI is InChI=1S/C18H18FNO2S2/c1-13(10-15-11-23-18-9-5-3-7-16(15)18)20-24(21,22)12-14-6-2-4-8-17(14)19/h2-9,11,13,20H,10,12H2,1H3/t13-/m0/s1. The lowest BCUT2D eigenvalue weighted by atomic mass is 10.1. The van der Waals surface area contributed by atoms with Crippen molar-refractivity contribution in [1.82, 2.24) is 4.72 Å². The Morgan fingerprint density at radius 1 is 1.08 bits per heavy atom. The lowest BCUT2D eigenvalue weighted by molar-refractivity contribution is 0.555. The van der Waals surface area contributed by atoms with E-state index in [4.69, 9.17) is 0 Å². The van der Waals surface area contributed by atoms with Gasteiger partial charge in [-0.3, -0.25) is 0 Å². The van der Waals surface area contributed by atoms with Crippen molar-refractivity contribution in [3.05, 3.63) is 70.9 Å². The summed E-state index contributed by atoms with van der Waals surface area (Å²) >= 11 is 1.65. The van der Waals surface area contributed by atoms with Crippen LogP contribution in [0.1, 0.15) is 18.1 Å². The average Bonchev–Trinajstić information content (AvgIpc) is 2.92. The largest absolute Gasteiger partial charge is 0.216 e. The van der Waals surface area contributed by atoms with Gasteiger partial charge in [-0.15, -0.1) is 11.3 Å². The van der Waals surface area contributed by atoms with E-state index in [-0.39, 0.29) is 17.4 Å². The normalized spacial score (nSPS) is 13.2. The predicted octanol–water partition coefficient (Wildman–Crippen LogP) is 4.09. The minimum atomic E-state index is -3.60. The van der Waals surface area contributed by atoms with Gasteiger partial charge in [-0.1, -0.05) is 36.4 Å². The van der Waals surface area contributed by atoms with Crippen LogP contribution in [0.25, 0.3) is 10.1 Å². The topological polar surface area (TPSA) is 46.2 Å². The second-order valence-corrected chi connectivity index (χ2v) is 8.50. The molecular weight excluding hydrogens is 345 g/mol. The maximum Gasteiger partial charge on any atom is 0.216 e. The molecule has 0 fully saturated rings. The number of benzene rings is 2. The van der Waals surface area contributed by atoms with Crippen molar-refractivity contribution < 1.29 is 12.8 Å². The Balaban J connectivity index is 1.69. The van der Waals surface area contributed by atoms with Crippen LogP contribution in [0.2, 0.25) is 0 Å². The number of thiophene rings is 1. The zero-order valence-corrected chi connectivity index (χ0v) is 14.8. The Morgan fingerprint density at radius 3 is 2.58 bits per heavy atom. The molecule has 0 aliphatic carbocycles. The summed E-state index contributed by atoms with van der Waals surface area (Å²) < 4.78 is 42.0. The summed E-state index contributed by atoms with van der Waals surface area (Å²) in [5.74, 6) is -0.853. The van der Waals surface area contributed by atoms with Gasteiger partial charge in [0.15, 0.2) is 0 Å². The molecule has 0 saturated carbocycles. The molecule has 126 valence electrons. The van der Waals surface area contributed by atoms with Gasteiger partial charge in [-0.05, 0) is 41.8 Å². The van der Waals surface area contributed by atoms with E-state index in [2.05, 4.69) is 16.2 Å². The van der Waals surface area contributed by atoms with E-state index >= 15 is 0 Å². The molecule has 3 aromatic rings. The van der Waals surface area contributed by atoms with Crippen LogP contribution >= 0.6 is 11.3 Å². The summed E-state index contributed by atoms with van der Waals surface area (Å²) in [6.45, 7) is 1.82. The minimum Gasteiger partial charge on any atom is -0.212 e. The van der Waals surface area contributed by atoms with Crippen molar-refractivity contribution in [2.45, 2.75) is 25.1 Å². The summed E-state index contributed by atoms with van der Waals surface area (Å²) in [6.07, 6.45) is 0.598. The van der Waals surface area contributed by atoms with Crippen LogP contribution in [0.4, 0.5) is 4.39 Å². The Morgan fingerprint density at radius 2 is 1.79 bits per heavy atom. The Bertz CT molecular complexity index is 950. The van der Waals surface area contributed by atoms with Crippen molar-refractivity contribution in [3.8, 4) is 0 Å². The van der Waals surface area contributed by atoms with Crippen LogP contribution in [-0.4, -0.2) is 14.5 Å². The Kier molecular flexibility index (Phi) is 4.99. The van der Waals surface area contributed by atoms with E-state index in [9.17, 15) is 12.8 Å². The summed E-state index contributed by atoms with van der Waals surface area (Å²) in [5.41, 5.74) is 1.30. The molecule has 0 bridgehead atoms. The number of rotatable bonds is 6. The molecule has 0 amide bonds. The third-order valence-corrected chi connectivity index (χ3v) is 6.24. The molecular formula is C18H18FNO2S2. The van der Waals surface area contributed by atoms with Gasteiger partial charge in [0.25, 0.3) is 0 Å². The fourth-order valence-electron chi connectivity index (χ4n) is 2.73. The molecule has 0 saturated heterocycles. The molecule has 1 heterocycles. The van der Waals surface area contributed by atoms with Gasteiger partial charge >= 0.3 is 0 Å². The number of sulfonamides is 1. The van der Waals surface area contributed by atoms with Crippen molar-refractivity contribution >= 4 is 31.4 Å². The van der Waals surface area contributed by atoms with E-state index in [1.165, 1.54) is 16.8 Å². The summed E-state index contributed by atoms with van der Waals surface area (Å²) in [4.78, 5) is 0. The first-order valence-corrected chi connectivity index (χ1v) is 10.2. The Labute approximate surface area is 145 Å². The molecule has 1 atom stereocenters. The molecule has 3 rings (SSSR count). The molecule has 0 aliphatic rings. The number of fused-ring (bicyclic) bond motifs is 1. The second-order valence-electron chi connectivity index (χ2n) is 5.83. The molecule has 24 heavy (non-hydrogen) atoms. The molecule has 1 aromatic heterocycles. The van der Waals surface area contributed by atoms with Crippen LogP contribution in [0.3, 0.4) is 0 Å². The van der Waals surface area contributed by atoms with Gasteiger partial charge in [0, 0.05) is 16.3 Å². The number of hydrogen-bond acceptors (Lipinski definition) is 3. The fourth-order valence-corrected chi connectivity index (χ4v) is 5.13. The van der Waals surface area contributed by atoms with Gasteiger partial charge in [-0.25, -0.2) is 17.5 Å². The maximum atomic E-state index is 13.6. The highest BCUT2D eigenvalue weighted by molar-refractivity contribution is 7.88. The molecule has 0 aliphatic heterocycles. The first-order chi connectivity index (χ1) is 11.4. The maximum absolute atomic E-state index is 13.6. The summed E-state index contributed by atoms with van der Waals surface area (Å²) in [7, 11) is -3.60. The third-order valence-electron chi connectivity index (χ3n) is 3.77. The minimum absolute atomic E-state index is 0.179. The summed E-state index contributed by atoms with van der Waals surface area (Å²) in [6, 6.07) is 13.7. The highest BCUT2D eigenvalue weighted by Crippen LogP contribution is 2.26. The highest BCUT2D eigenvalue weighted by atomic mass is 32.2. The van der Waals surface area contributed by atoms with Crippen LogP contribution in [0.15, 0.2) is 53.9 Å². The van der Waals surface area contributed by atoms with E-state index in [1.54, 1.807) is 23.5 Å². The number of halogens is 1. The fraction of sp³-hybridized carbons (Fsp3) is 0.222. The van der Waals surface area contributed by atoms with Gasteiger partial charge in [0.1, 0.15) is 5.82 Å². The Hall–Kier alpha value is -1.76. The zero-order chi connectivity index (χ0) is 17.2. The van der Waals surface area contributed by atoms with Crippen molar-refractivity contribution in [2.24, 2.45) is 0 Å². The second kappa shape index (κ2) is 7.01. The van der Waals surface area contributed by atoms with E-state index in [0.717, 1.165) is 10.9 Å². The van der Waals surface area contributed by atoms with Gasteiger partial charge in [0.05, 0.1) is 5.75 Å². The van der Waals surface area contributed by atoms with Crippen LogP contribution in [-0.2, 0) is 22.2 Å². The van der Waals surface area contributed by atoms with Crippen LogP contribution < -0.4 is 4.72 Å². The molecule has 1 N–H and O–H groups in total. The molecule has 2 aromatic carbocycles. The molecule has 0 spiro atoms. The van der Waals surface area contributed by atoms with Crippen molar-refractivity contribution in [2.75, 3.05) is 0 Å². The first kappa shape index (κ1) is 17.1. The van der Waals surface area contributed by atoms with Gasteiger partial charge < -0.3 is 0 Å². The SMILES string of the molecule is C[C@@H](Cc1csc2ccccc12)NS(=O)(=O)Cc1ccccc1F. The quantitative estimate of drug-likeness (QED) is 0.717. The lowest BCUT2D eigenvalue weighted by Crippen LogP contribution is -2.35. The monoisotopic (exact) mass is 363 g/mol. The van der Waals surface area contributed by atoms with E-state index in [0.29, 0.717) is 6.42 Å². The molecule has 0 unspecified atom stereocenters. The van der Waals surface area contributed by atoms with Crippen LogP contribution in [0, 0.1) is 5.82 Å². The number of nitrogens with one attached hydrogen (secondary N) is 1. The smallest absolute Gasteiger partial charge is 0.212 e. The third kappa shape index (κ3) is 4.01. The highest BCUT2D eigenvalue weighted by Gasteiger charge is 2.18. The number of hydrogen-bond donors (Lipinski definition) is 1. The average molecular weight is 363 g/mol. The van der Waals surface area contributed by atoms with Crippen molar-refractivity contribution in [1.29, 1.82) is 0 Å².